The zero-order valence-corrected chi connectivity index (χ0v) is 15.9. The Bertz CT molecular complexity index is 911. The van der Waals surface area contributed by atoms with Crippen molar-refractivity contribution in [3.05, 3.63) is 52.5 Å². The summed E-state index contributed by atoms with van der Waals surface area (Å²) in [4.78, 5) is 12.4. The molecular formula is C17H19ClN2O4S. The third kappa shape index (κ3) is 3.95. The number of sulfonamides is 1. The molecule has 0 saturated carbocycles. The highest BCUT2D eigenvalue weighted by Crippen LogP contribution is 2.28. The van der Waals surface area contributed by atoms with Crippen LogP contribution in [-0.2, 0) is 10.0 Å². The van der Waals surface area contributed by atoms with Crippen LogP contribution in [-0.4, -0.2) is 39.8 Å². The van der Waals surface area contributed by atoms with Gasteiger partial charge in [0.25, 0.3) is 5.91 Å². The van der Waals surface area contributed by atoms with E-state index in [1.165, 1.54) is 39.4 Å². The molecule has 0 aliphatic rings. The molecule has 0 atom stereocenters. The highest BCUT2D eigenvalue weighted by atomic mass is 35.5. The fourth-order valence-corrected chi connectivity index (χ4v) is 3.40. The minimum atomic E-state index is -3.76. The Kier molecular flexibility index (Phi) is 5.72. The lowest BCUT2D eigenvalue weighted by Crippen LogP contribution is -2.23. The Hall–Kier alpha value is -2.09. The summed E-state index contributed by atoms with van der Waals surface area (Å²) in [6.07, 6.45) is 0. The third-order valence-corrected chi connectivity index (χ3v) is 5.95. The summed E-state index contributed by atoms with van der Waals surface area (Å²) in [5, 5.41) is 3.27. The molecule has 0 fully saturated rings. The zero-order chi connectivity index (χ0) is 18.8. The first-order valence-electron chi connectivity index (χ1n) is 7.35. The van der Waals surface area contributed by atoms with Crippen molar-refractivity contribution in [2.24, 2.45) is 0 Å². The predicted molar refractivity (Wildman–Crippen MR) is 98.0 cm³/mol. The van der Waals surface area contributed by atoms with E-state index in [0.29, 0.717) is 10.7 Å². The topological polar surface area (TPSA) is 75.7 Å². The maximum Gasteiger partial charge on any atom is 0.255 e. The normalized spacial score (nSPS) is 11.4. The molecular weight excluding hydrogens is 364 g/mol. The first kappa shape index (κ1) is 19.2. The van der Waals surface area contributed by atoms with Crippen LogP contribution in [0.4, 0.5) is 5.69 Å². The largest absolute Gasteiger partial charge is 0.495 e. The summed E-state index contributed by atoms with van der Waals surface area (Å²) >= 11 is 6.05. The molecule has 1 N–H and O–H groups in total. The van der Waals surface area contributed by atoms with Gasteiger partial charge in [-0.2, -0.15) is 0 Å². The van der Waals surface area contributed by atoms with Crippen LogP contribution in [0.3, 0.4) is 0 Å². The fraction of sp³-hybridized carbons (Fsp3) is 0.235. The Morgan fingerprint density at radius 3 is 2.48 bits per heavy atom. The van der Waals surface area contributed by atoms with Gasteiger partial charge in [-0.3, -0.25) is 4.79 Å². The minimum absolute atomic E-state index is 0.0736. The van der Waals surface area contributed by atoms with Gasteiger partial charge >= 0.3 is 0 Å². The standard InChI is InChI=1S/C17H19ClN2O4S/c1-11-13(18)6-5-7-14(11)19-17(21)12-8-9-15(24-4)16(10-12)25(22,23)20(2)3/h5-10H,1-4H3,(H,19,21). The second kappa shape index (κ2) is 7.43. The number of rotatable bonds is 5. The monoisotopic (exact) mass is 382 g/mol. The van der Waals surface area contributed by atoms with E-state index in [1.807, 2.05) is 0 Å². The van der Waals surface area contributed by atoms with Gasteiger partial charge in [0, 0.05) is 30.4 Å². The third-order valence-electron chi connectivity index (χ3n) is 3.70. The average molecular weight is 383 g/mol. The molecule has 0 bridgehead atoms. The molecule has 2 aromatic rings. The Morgan fingerprint density at radius 2 is 1.88 bits per heavy atom. The van der Waals surface area contributed by atoms with Gasteiger partial charge in [0.1, 0.15) is 10.6 Å². The molecule has 0 unspecified atom stereocenters. The molecule has 0 spiro atoms. The Balaban J connectivity index is 2.43. The lowest BCUT2D eigenvalue weighted by molar-refractivity contribution is 0.102. The number of hydrogen-bond acceptors (Lipinski definition) is 4. The van der Waals surface area contributed by atoms with Crippen LogP contribution < -0.4 is 10.1 Å². The molecule has 0 aliphatic heterocycles. The van der Waals surface area contributed by atoms with E-state index in [2.05, 4.69) is 5.32 Å². The van der Waals surface area contributed by atoms with Gasteiger partial charge in [-0.15, -0.1) is 0 Å². The van der Waals surface area contributed by atoms with Crippen LogP contribution in [0.2, 0.25) is 5.02 Å². The fourth-order valence-electron chi connectivity index (χ4n) is 2.15. The number of nitrogens with one attached hydrogen (secondary N) is 1. The molecule has 2 aromatic carbocycles. The van der Waals surface area contributed by atoms with Crippen molar-refractivity contribution >= 4 is 33.2 Å². The van der Waals surface area contributed by atoms with E-state index in [-0.39, 0.29) is 16.2 Å². The Morgan fingerprint density at radius 1 is 1.20 bits per heavy atom. The van der Waals surface area contributed by atoms with E-state index in [9.17, 15) is 13.2 Å². The van der Waals surface area contributed by atoms with E-state index in [4.69, 9.17) is 16.3 Å². The molecule has 0 saturated heterocycles. The van der Waals surface area contributed by atoms with E-state index >= 15 is 0 Å². The SMILES string of the molecule is COc1ccc(C(=O)Nc2cccc(Cl)c2C)cc1S(=O)(=O)N(C)C. The maximum absolute atomic E-state index is 12.5. The molecule has 1 amide bonds. The van der Waals surface area contributed by atoms with Gasteiger partial charge in [-0.25, -0.2) is 12.7 Å². The first-order valence-corrected chi connectivity index (χ1v) is 9.17. The van der Waals surface area contributed by atoms with E-state index < -0.39 is 15.9 Å². The van der Waals surface area contributed by atoms with Gasteiger partial charge in [0.2, 0.25) is 10.0 Å². The van der Waals surface area contributed by atoms with Crippen LogP contribution in [0.1, 0.15) is 15.9 Å². The highest BCUT2D eigenvalue weighted by molar-refractivity contribution is 7.89. The van der Waals surface area contributed by atoms with Gasteiger partial charge in [-0.05, 0) is 42.8 Å². The summed E-state index contributed by atoms with van der Waals surface area (Å²) in [5.74, 6) is -0.271. The summed E-state index contributed by atoms with van der Waals surface area (Å²) in [5.41, 5.74) is 1.48. The molecule has 0 aliphatic carbocycles. The first-order chi connectivity index (χ1) is 11.7. The van der Waals surface area contributed by atoms with Gasteiger partial charge in [0.05, 0.1) is 7.11 Å². The summed E-state index contributed by atoms with van der Waals surface area (Å²) < 4.78 is 31.1. The van der Waals surface area contributed by atoms with Crippen molar-refractivity contribution < 1.29 is 17.9 Å². The van der Waals surface area contributed by atoms with Crippen LogP contribution in [0.25, 0.3) is 0 Å². The second-order valence-electron chi connectivity index (χ2n) is 5.52. The molecule has 6 nitrogen and oxygen atoms in total. The molecule has 8 heteroatoms. The predicted octanol–water partition coefficient (Wildman–Crippen LogP) is 3.16. The van der Waals surface area contributed by atoms with Crippen molar-refractivity contribution in [3.8, 4) is 5.75 Å². The number of halogens is 1. The maximum atomic E-state index is 12.5. The summed E-state index contributed by atoms with van der Waals surface area (Å²) in [6.45, 7) is 1.79. The lowest BCUT2D eigenvalue weighted by Gasteiger charge is -2.16. The lowest BCUT2D eigenvalue weighted by atomic mass is 10.1. The minimum Gasteiger partial charge on any atom is -0.495 e. The highest BCUT2D eigenvalue weighted by Gasteiger charge is 2.24. The molecule has 134 valence electrons. The van der Waals surface area contributed by atoms with E-state index in [0.717, 1.165) is 9.87 Å². The molecule has 2 rings (SSSR count). The number of ether oxygens (including phenoxy) is 1. The van der Waals surface area contributed by atoms with Crippen molar-refractivity contribution in [1.82, 2.24) is 4.31 Å². The van der Waals surface area contributed by atoms with Crippen LogP contribution in [0.15, 0.2) is 41.3 Å². The number of anilines is 1. The zero-order valence-electron chi connectivity index (χ0n) is 14.3. The number of methoxy groups -OCH3 is 1. The van der Waals surface area contributed by atoms with Crippen molar-refractivity contribution in [3.63, 3.8) is 0 Å². The number of amides is 1. The Labute approximate surface area is 152 Å². The average Bonchev–Trinajstić information content (AvgIpc) is 2.58. The van der Waals surface area contributed by atoms with Crippen molar-refractivity contribution in [2.75, 3.05) is 26.5 Å². The van der Waals surface area contributed by atoms with Crippen LogP contribution in [0.5, 0.6) is 5.75 Å². The van der Waals surface area contributed by atoms with Gasteiger partial charge in [0.15, 0.2) is 0 Å². The molecule has 0 heterocycles. The smallest absolute Gasteiger partial charge is 0.255 e. The summed E-state index contributed by atoms with van der Waals surface area (Å²) in [7, 11) is 0.445. The van der Waals surface area contributed by atoms with Gasteiger partial charge < -0.3 is 10.1 Å². The molecule has 0 radical (unpaired) electrons. The van der Waals surface area contributed by atoms with Gasteiger partial charge in [-0.1, -0.05) is 17.7 Å². The number of carbonyl (C=O) groups excluding carboxylic acids is 1. The van der Waals surface area contributed by atoms with Crippen LogP contribution in [0, 0.1) is 6.92 Å². The van der Waals surface area contributed by atoms with E-state index in [1.54, 1.807) is 25.1 Å². The summed E-state index contributed by atoms with van der Waals surface area (Å²) in [6, 6.07) is 9.42. The van der Waals surface area contributed by atoms with Crippen molar-refractivity contribution in [2.45, 2.75) is 11.8 Å². The number of nitrogens with zero attached hydrogens (tertiary/aromatic N) is 1. The van der Waals surface area contributed by atoms with Crippen LogP contribution >= 0.6 is 11.6 Å². The van der Waals surface area contributed by atoms with Crippen molar-refractivity contribution in [1.29, 1.82) is 0 Å². The molecule has 25 heavy (non-hydrogen) atoms. The quantitative estimate of drug-likeness (QED) is 0.861. The number of hydrogen-bond donors (Lipinski definition) is 1. The number of carbonyl (C=O) groups is 1. The number of benzene rings is 2. The molecule has 0 aromatic heterocycles. The second-order valence-corrected chi connectivity index (χ2v) is 8.05.